The first kappa shape index (κ1) is 22.3. The van der Waals surface area contributed by atoms with E-state index >= 15 is 0 Å². The minimum absolute atomic E-state index is 0.0773. The predicted octanol–water partition coefficient (Wildman–Crippen LogP) is 3.34. The number of hydrogen-bond donors (Lipinski definition) is 1. The second kappa shape index (κ2) is 8.59. The number of aromatic hydroxyl groups is 1. The number of ketones is 1. The number of aryl methyl sites for hydroxylation is 1. The molecular formula is C24H22N2O6S. The molecule has 0 saturated carbocycles. The average molecular weight is 467 g/mol. The number of aromatic nitrogens is 2. The van der Waals surface area contributed by atoms with Gasteiger partial charge in [0, 0.05) is 18.1 Å². The lowest BCUT2D eigenvalue weighted by molar-refractivity contribution is 0.0975. The number of ether oxygens (including phenoxy) is 1. The zero-order valence-electron chi connectivity index (χ0n) is 18.1. The molecule has 0 aliphatic carbocycles. The van der Waals surface area contributed by atoms with Crippen LogP contribution in [-0.4, -0.2) is 35.2 Å². The summed E-state index contributed by atoms with van der Waals surface area (Å²) in [6.07, 6.45) is -0.0773. The molecule has 3 aromatic carbocycles. The van der Waals surface area contributed by atoms with Crippen molar-refractivity contribution in [2.75, 3.05) is 7.11 Å². The van der Waals surface area contributed by atoms with Gasteiger partial charge < -0.3 is 9.84 Å². The van der Waals surface area contributed by atoms with Gasteiger partial charge in [0.2, 0.25) is 0 Å². The smallest absolute Gasteiger partial charge is 0.282 e. The van der Waals surface area contributed by atoms with Crippen LogP contribution in [0.25, 0.3) is 10.9 Å². The van der Waals surface area contributed by atoms with Gasteiger partial charge in [0.05, 0.1) is 29.5 Å². The normalized spacial score (nSPS) is 11.6. The Labute approximate surface area is 190 Å². The van der Waals surface area contributed by atoms with Gasteiger partial charge in [-0.1, -0.05) is 36.4 Å². The highest BCUT2D eigenvalue weighted by Gasteiger charge is 2.26. The molecule has 170 valence electrons. The van der Waals surface area contributed by atoms with Gasteiger partial charge in [0.1, 0.15) is 11.5 Å². The number of phenolic OH excluding ortho intramolecular Hbond substituents is 1. The van der Waals surface area contributed by atoms with Gasteiger partial charge in [-0.05, 0) is 36.8 Å². The van der Waals surface area contributed by atoms with E-state index in [4.69, 9.17) is 4.74 Å². The molecule has 4 rings (SSSR count). The van der Waals surface area contributed by atoms with Crippen molar-refractivity contribution in [3.8, 4) is 11.5 Å². The number of hydrogen-bond acceptors (Lipinski definition) is 6. The monoisotopic (exact) mass is 466 g/mol. The van der Waals surface area contributed by atoms with E-state index in [1.54, 1.807) is 43.3 Å². The van der Waals surface area contributed by atoms with Crippen LogP contribution in [0.2, 0.25) is 0 Å². The highest BCUT2D eigenvalue weighted by Crippen LogP contribution is 2.26. The van der Waals surface area contributed by atoms with Crippen LogP contribution < -0.4 is 10.3 Å². The molecule has 0 aliphatic rings. The Kier molecular flexibility index (Phi) is 5.82. The topological polar surface area (TPSA) is 108 Å². The van der Waals surface area contributed by atoms with E-state index < -0.39 is 15.6 Å². The van der Waals surface area contributed by atoms with Crippen molar-refractivity contribution >= 4 is 26.7 Å². The Morgan fingerprint density at radius 2 is 1.76 bits per heavy atom. The van der Waals surface area contributed by atoms with Gasteiger partial charge in [-0.25, -0.2) is 4.68 Å². The second-order valence-corrected chi connectivity index (χ2v) is 9.31. The third-order valence-electron chi connectivity index (χ3n) is 5.45. The molecule has 8 nitrogen and oxygen atoms in total. The molecule has 1 N–H and O–H groups in total. The van der Waals surface area contributed by atoms with Gasteiger partial charge in [-0.15, -0.1) is 0 Å². The van der Waals surface area contributed by atoms with E-state index in [1.165, 1.54) is 31.4 Å². The maximum Gasteiger partial charge on any atom is 0.282 e. The molecule has 9 heteroatoms. The number of carbonyl (C=O) groups is 1. The number of carbonyl (C=O) groups excluding carboxylic acids is 1. The second-order valence-electron chi connectivity index (χ2n) is 7.55. The van der Waals surface area contributed by atoms with E-state index in [2.05, 4.69) is 0 Å². The number of nitrogens with zero attached hydrogens (tertiary/aromatic N) is 2. The van der Waals surface area contributed by atoms with E-state index in [-0.39, 0.29) is 40.3 Å². The maximum atomic E-state index is 13.6. The number of rotatable bonds is 7. The zero-order valence-corrected chi connectivity index (χ0v) is 18.9. The molecule has 1 aromatic heterocycles. The van der Waals surface area contributed by atoms with Gasteiger partial charge in [-0.2, -0.15) is 12.5 Å². The standard InChI is InChI=1S/C24H22N2O6S/c1-16-8-10-19(15-23(16)28)33(30,31)26-21-11-9-18(32-2)14-20(21)24(29)25(26)13-12-22(27)17-6-4-3-5-7-17/h3-11,14-15,28H,12-13H2,1-2H3. The third-order valence-corrected chi connectivity index (χ3v) is 7.15. The molecule has 0 spiro atoms. The van der Waals surface area contributed by atoms with Crippen LogP contribution >= 0.6 is 0 Å². The van der Waals surface area contributed by atoms with Gasteiger partial charge >= 0.3 is 0 Å². The van der Waals surface area contributed by atoms with Crippen LogP contribution in [0.4, 0.5) is 0 Å². The van der Waals surface area contributed by atoms with E-state index in [1.807, 2.05) is 0 Å². The van der Waals surface area contributed by atoms with Gasteiger partial charge in [-0.3, -0.25) is 9.59 Å². The summed E-state index contributed by atoms with van der Waals surface area (Å²) in [4.78, 5) is 25.7. The molecule has 0 unspecified atom stereocenters. The molecule has 0 atom stereocenters. The number of Topliss-reactive ketones (excluding diaryl/α,β-unsaturated/α-hetero) is 1. The van der Waals surface area contributed by atoms with Crippen LogP contribution in [0.15, 0.2) is 76.4 Å². The number of benzene rings is 3. The predicted molar refractivity (Wildman–Crippen MR) is 124 cm³/mol. The first-order valence-corrected chi connectivity index (χ1v) is 11.6. The summed E-state index contributed by atoms with van der Waals surface area (Å²) in [5.41, 5.74) is 0.570. The minimum atomic E-state index is -4.28. The van der Waals surface area contributed by atoms with Crippen LogP contribution in [0.5, 0.6) is 11.5 Å². The fourth-order valence-corrected chi connectivity index (χ4v) is 5.14. The summed E-state index contributed by atoms with van der Waals surface area (Å²) in [5.74, 6) is -0.000682. The number of methoxy groups -OCH3 is 1. The molecular weight excluding hydrogens is 444 g/mol. The number of phenols is 1. The fourth-order valence-electron chi connectivity index (χ4n) is 3.61. The Morgan fingerprint density at radius 1 is 1.03 bits per heavy atom. The molecule has 0 bridgehead atoms. The zero-order chi connectivity index (χ0) is 23.8. The summed E-state index contributed by atoms with van der Waals surface area (Å²) in [5, 5.41) is 10.2. The van der Waals surface area contributed by atoms with Crippen molar-refractivity contribution in [2.45, 2.75) is 24.8 Å². The molecule has 33 heavy (non-hydrogen) atoms. The van der Waals surface area contributed by atoms with Gasteiger partial charge in [0.15, 0.2) is 5.78 Å². The lowest BCUT2D eigenvalue weighted by atomic mass is 10.1. The molecule has 0 amide bonds. The van der Waals surface area contributed by atoms with E-state index in [9.17, 15) is 23.1 Å². The van der Waals surface area contributed by atoms with Crippen molar-refractivity contribution in [2.24, 2.45) is 0 Å². The van der Waals surface area contributed by atoms with Crippen LogP contribution in [0, 0.1) is 6.92 Å². The Bertz CT molecular complexity index is 1520. The lowest BCUT2D eigenvalue weighted by Gasteiger charge is -2.14. The summed E-state index contributed by atoms with van der Waals surface area (Å²) >= 11 is 0. The molecule has 0 saturated heterocycles. The summed E-state index contributed by atoms with van der Waals surface area (Å²) in [7, 11) is -2.83. The van der Waals surface area contributed by atoms with Crippen molar-refractivity contribution in [3.05, 3.63) is 88.2 Å². The van der Waals surface area contributed by atoms with E-state index in [0.29, 0.717) is 16.9 Å². The lowest BCUT2D eigenvalue weighted by Crippen LogP contribution is -2.29. The van der Waals surface area contributed by atoms with Crippen LogP contribution in [-0.2, 0) is 16.6 Å². The number of fused-ring (bicyclic) bond motifs is 1. The molecule has 1 heterocycles. The molecule has 0 fully saturated rings. The maximum absolute atomic E-state index is 13.6. The fraction of sp³-hybridized carbons (Fsp3) is 0.167. The Hall–Kier alpha value is -3.85. The first-order valence-electron chi connectivity index (χ1n) is 10.2. The molecule has 4 aromatic rings. The van der Waals surface area contributed by atoms with Gasteiger partial charge in [0.25, 0.3) is 15.6 Å². The quantitative estimate of drug-likeness (QED) is 0.419. The molecule has 0 radical (unpaired) electrons. The average Bonchev–Trinajstić information content (AvgIpc) is 3.11. The highest BCUT2D eigenvalue weighted by molar-refractivity contribution is 7.90. The largest absolute Gasteiger partial charge is 0.508 e. The third kappa shape index (κ3) is 4.03. The Morgan fingerprint density at radius 3 is 2.42 bits per heavy atom. The minimum Gasteiger partial charge on any atom is -0.508 e. The van der Waals surface area contributed by atoms with Crippen LogP contribution in [0.3, 0.4) is 0 Å². The van der Waals surface area contributed by atoms with Crippen molar-refractivity contribution in [3.63, 3.8) is 0 Å². The molecule has 0 aliphatic heterocycles. The highest BCUT2D eigenvalue weighted by atomic mass is 32.2. The summed E-state index contributed by atoms with van der Waals surface area (Å²) in [6.45, 7) is 1.49. The SMILES string of the molecule is COc1ccc2c(c1)c(=O)n(CCC(=O)c1ccccc1)n2S(=O)(=O)c1ccc(C)c(O)c1. The van der Waals surface area contributed by atoms with Crippen molar-refractivity contribution in [1.82, 2.24) is 8.77 Å². The first-order chi connectivity index (χ1) is 15.7. The summed E-state index contributed by atoms with van der Waals surface area (Å²) in [6, 6.07) is 17.1. The van der Waals surface area contributed by atoms with Crippen molar-refractivity contribution in [1.29, 1.82) is 0 Å². The summed E-state index contributed by atoms with van der Waals surface area (Å²) < 4.78 is 34.3. The van der Waals surface area contributed by atoms with Crippen molar-refractivity contribution < 1.29 is 23.1 Å². The van der Waals surface area contributed by atoms with Crippen LogP contribution in [0.1, 0.15) is 22.3 Å². The van der Waals surface area contributed by atoms with E-state index in [0.717, 1.165) is 14.8 Å². The Balaban J connectivity index is 1.87.